The van der Waals surface area contributed by atoms with Gasteiger partial charge in [-0.2, -0.15) is 4.31 Å². The van der Waals surface area contributed by atoms with Crippen molar-refractivity contribution in [3.05, 3.63) is 29.6 Å². The molecule has 1 aromatic rings. The zero-order chi connectivity index (χ0) is 19.6. The number of nitrogens with zero attached hydrogens (tertiary/aromatic N) is 1. The Kier molecular flexibility index (Phi) is 5.78. The summed E-state index contributed by atoms with van der Waals surface area (Å²) >= 11 is 0. The lowest BCUT2D eigenvalue weighted by atomic mass is 10.2. The Balaban J connectivity index is 1.75. The van der Waals surface area contributed by atoms with Gasteiger partial charge in [-0.1, -0.05) is 0 Å². The number of morpholine rings is 1. The van der Waals surface area contributed by atoms with Gasteiger partial charge in [0.1, 0.15) is 5.82 Å². The quantitative estimate of drug-likeness (QED) is 0.705. The molecule has 1 aromatic carbocycles. The number of hydrogen-bond acceptors (Lipinski definition) is 6. The van der Waals surface area contributed by atoms with Gasteiger partial charge in [0.25, 0.3) is 5.91 Å². The van der Waals surface area contributed by atoms with Crippen LogP contribution in [0.5, 0.6) is 0 Å². The van der Waals surface area contributed by atoms with Crippen molar-refractivity contribution in [1.82, 2.24) is 9.62 Å². The lowest BCUT2D eigenvalue weighted by Gasteiger charge is -2.26. The molecule has 0 bridgehead atoms. The first-order chi connectivity index (χ1) is 12.8. The van der Waals surface area contributed by atoms with Crippen LogP contribution >= 0.6 is 0 Å². The molecule has 0 aromatic heterocycles. The molecule has 2 aliphatic rings. The topological polar surface area (TPSA) is 102 Å². The summed E-state index contributed by atoms with van der Waals surface area (Å²) in [6.07, 6.45) is 0.641. The maximum Gasteiger partial charge on any atom is 0.341 e. The number of rotatable bonds is 6. The van der Waals surface area contributed by atoms with Gasteiger partial charge in [0.15, 0.2) is 6.10 Å². The van der Waals surface area contributed by atoms with Crippen LogP contribution < -0.4 is 5.32 Å². The monoisotopic (exact) mass is 400 g/mol. The van der Waals surface area contributed by atoms with Crippen molar-refractivity contribution in [2.24, 2.45) is 0 Å². The molecule has 3 rings (SSSR count). The van der Waals surface area contributed by atoms with Gasteiger partial charge in [0.2, 0.25) is 10.0 Å². The first-order valence-corrected chi connectivity index (χ1v) is 10.1. The van der Waals surface area contributed by atoms with Gasteiger partial charge >= 0.3 is 5.97 Å². The standard InChI is InChI=1S/C17H21FN2O6S/c1-11(16(21)19-12-2-3-12)26-17(22)14-10-13(4-5-15(14)18)27(23,24)20-6-8-25-9-7-20/h4-5,10-12H,2-3,6-9H2,1H3,(H,19,21)/t11-/m0/s1. The van der Waals surface area contributed by atoms with Gasteiger partial charge in [0.05, 0.1) is 23.7 Å². The number of halogens is 1. The normalized spacial score (nSPS) is 19.3. The SMILES string of the molecule is C[C@H](OC(=O)c1cc(S(=O)(=O)N2CCOCC2)ccc1F)C(=O)NC1CC1. The van der Waals surface area contributed by atoms with Crippen LogP contribution in [0.25, 0.3) is 0 Å². The molecule has 0 radical (unpaired) electrons. The van der Waals surface area contributed by atoms with E-state index >= 15 is 0 Å². The van der Waals surface area contributed by atoms with E-state index in [4.69, 9.17) is 9.47 Å². The highest BCUT2D eigenvalue weighted by Crippen LogP contribution is 2.22. The fraction of sp³-hybridized carbons (Fsp3) is 0.529. The number of esters is 1. The molecule has 2 fully saturated rings. The van der Waals surface area contributed by atoms with E-state index in [1.54, 1.807) is 0 Å². The Morgan fingerprint density at radius 2 is 1.96 bits per heavy atom. The minimum absolute atomic E-state index is 0.0948. The number of hydrogen-bond donors (Lipinski definition) is 1. The second kappa shape index (κ2) is 7.91. The summed E-state index contributed by atoms with van der Waals surface area (Å²) in [7, 11) is -3.89. The Morgan fingerprint density at radius 1 is 1.30 bits per heavy atom. The maximum atomic E-state index is 14.1. The van der Waals surface area contributed by atoms with Crippen molar-refractivity contribution in [3.8, 4) is 0 Å². The molecule has 1 saturated heterocycles. The van der Waals surface area contributed by atoms with E-state index in [9.17, 15) is 22.4 Å². The zero-order valence-electron chi connectivity index (χ0n) is 14.8. The summed E-state index contributed by atoms with van der Waals surface area (Å²) in [4.78, 5) is 23.9. The second-order valence-corrected chi connectivity index (χ2v) is 8.43. The van der Waals surface area contributed by atoms with Gasteiger partial charge in [-0.05, 0) is 38.0 Å². The van der Waals surface area contributed by atoms with Crippen molar-refractivity contribution in [2.75, 3.05) is 26.3 Å². The Bertz CT molecular complexity index is 834. The van der Waals surface area contributed by atoms with E-state index in [1.165, 1.54) is 11.2 Å². The second-order valence-electron chi connectivity index (χ2n) is 6.49. The number of benzene rings is 1. The molecule has 0 spiro atoms. The molecule has 27 heavy (non-hydrogen) atoms. The molecule has 1 saturated carbocycles. The minimum atomic E-state index is -3.89. The average molecular weight is 400 g/mol. The molecule has 10 heteroatoms. The van der Waals surface area contributed by atoms with Gasteiger partial charge < -0.3 is 14.8 Å². The zero-order valence-corrected chi connectivity index (χ0v) is 15.6. The summed E-state index contributed by atoms with van der Waals surface area (Å²) in [5.41, 5.74) is -0.532. The van der Waals surface area contributed by atoms with E-state index < -0.39 is 39.4 Å². The molecule has 1 aliphatic carbocycles. The molecule has 1 N–H and O–H groups in total. The molecular formula is C17H21FN2O6S. The van der Waals surface area contributed by atoms with Crippen molar-refractivity contribution < 1.29 is 31.9 Å². The molecule has 8 nitrogen and oxygen atoms in total. The third-order valence-corrected chi connectivity index (χ3v) is 6.24. The van der Waals surface area contributed by atoms with Crippen LogP contribution in [0.4, 0.5) is 4.39 Å². The predicted molar refractivity (Wildman–Crippen MR) is 92.0 cm³/mol. The van der Waals surface area contributed by atoms with Gasteiger partial charge in [-0.15, -0.1) is 0 Å². The number of amides is 1. The third kappa shape index (κ3) is 4.63. The van der Waals surface area contributed by atoms with Crippen LogP contribution in [0.15, 0.2) is 23.1 Å². The van der Waals surface area contributed by atoms with E-state index in [0.717, 1.165) is 31.0 Å². The predicted octanol–water partition coefficient (Wildman–Crippen LogP) is 0.670. The summed E-state index contributed by atoms with van der Waals surface area (Å²) < 4.78 is 50.8. The Labute approximate surface area is 156 Å². The molecule has 0 unspecified atom stereocenters. The fourth-order valence-electron chi connectivity index (χ4n) is 2.58. The maximum absolute atomic E-state index is 14.1. The number of carbonyl (C=O) groups excluding carboxylic acids is 2. The van der Waals surface area contributed by atoms with E-state index in [2.05, 4.69) is 5.32 Å². The van der Waals surface area contributed by atoms with Crippen LogP contribution in [0.2, 0.25) is 0 Å². The van der Waals surface area contributed by atoms with Crippen molar-refractivity contribution in [1.29, 1.82) is 0 Å². The minimum Gasteiger partial charge on any atom is -0.449 e. The molecule has 1 atom stereocenters. The number of sulfonamides is 1. The van der Waals surface area contributed by atoms with Crippen LogP contribution in [0.3, 0.4) is 0 Å². The highest BCUT2D eigenvalue weighted by Gasteiger charge is 2.30. The highest BCUT2D eigenvalue weighted by molar-refractivity contribution is 7.89. The van der Waals surface area contributed by atoms with Gasteiger partial charge in [-0.25, -0.2) is 17.6 Å². The first kappa shape index (κ1) is 19.7. The van der Waals surface area contributed by atoms with Crippen LogP contribution in [0, 0.1) is 5.82 Å². The van der Waals surface area contributed by atoms with Crippen LogP contribution in [0.1, 0.15) is 30.1 Å². The number of carbonyl (C=O) groups is 2. The molecule has 148 valence electrons. The lowest BCUT2D eigenvalue weighted by molar-refractivity contribution is -0.129. The average Bonchev–Trinajstić information content (AvgIpc) is 3.46. The van der Waals surface area contributed by atoms with E-state index in [1.807, 2.05) is 0 Å². The van der Waals surface area contributed by atoms with Crippen molar-refractivity contribution in [2.45, 2.75) is 36.8 Å². The summed E-state index contributed by atoms with van der Waals surface area (Å²) in [5.74, 6) is -2.48. The molecular weight excluding hydrogens is 379 g/mol. The highest BCUT2D eigenvalue weighted by atomic mass is 32.2. The lowest BCUT2D eigenvalue weighted by Crippen LogP contribution is -2.40. The summed E-state index contributed by atoms with van der Waals surface area (Å²) in [5, 5.41) is 2.68. The summed E-state index contributed by atoms with van der Waals surface area (Å²) in [6, 6.07) is 3.03. The van der Waals surface area contributed by atoms with Crippen molar-refractivity contribution in [3.63, 3.8) is 0 Å². The van der Waals surface area contributed by atoms with Gasteiger partial charge in [0, 0.05) is 19.1 Å². The van der Waals surface area contributed by atoms with Crippen molar-refractivity contribution >= 4 is 21.9 Å². The number of nitrogens with one attached hydrogen (secondary N) is 1. The Morgan fingerprint density at radius 3 is 2.59 bits per heavy atom. The molecule has 1 heterocycles. The summed E-state index contributed by atoms with van der Waals surface area (Å²) in [6.45, 7) is 2.27. The smallest absolute Gasteiger partial charge is 0.341 e. The number of ether oxygens (including phenoxy) is 2. The van der Waals surface area contributed by atoms with E-state index in [0.29, 0.717) is 0 Å². The van der Waals surface area contributed by atoms with Crippen LogP contribution in [-0.2, 0) is 24.3 Å². The third-order valence-electron chi connectivity index (χ3n) is 4.34. The van der Waals surface area contributed by atoms with Crippen LogP contribution in [-0.4, -0.2) is 63.0 Å². The van der Waals surface area contributed by atoms with E-state index in [-0.39, 0.29) is 37.2 Å². The molecule has 1 aliphatic heterocycles. The Hall–Kier alpha value is -2.04. The van der Waals surface area contributed by atoms with Gasteiger partial charge in [-0.3, -0.25) is 4.79 Å². The first-order valence-electron chi connectivity index (χ1n) is 8.68. The largest absolute Gasteiger partial charge is 0.449 e. The molecule has 1 amide bonds. The fourth-order valence-corrected chi connectivity index (χ4v) is 4.02.